The summed E-state index contributed by atoms with van der Waals surface area (Å²) in [4.78, 5) is 0. The minimum atomic E-state index is 0. The maximum atomic E-state index is 5.33. The van der Waals surface area contributed by atoms with Gasteiger partial charge in [-0.15, -0.1) is 0 Å². The molecule has 3 nitrogen and oxygen atoms in total. The molecule has 0 aliphatic heterocycles. The van der Waals surface area contributed by atoms with Gasteiger partial charge in [0.05, 0.1) is 5.69 Å². The second-order valence-electron chi connectivity index (χ2n) is 1.65. The van der Waals surface area contributed by atoms with Gasteiger partial charge in [-0.3, -0.25) is 4.68 Å². The summed E-state index contributed by atoms with van der Waals surface area (Å²) in [5, 5.41) is 3.92. The van der Waals surface area contributed by atoms with Crippen molar-refractivity contribution in [1.29, 1.82) is 0 Å². The topological polar surface area (TPSA) is 43.8 Å². The van der Waals surface area contributed by atoms with Crippen molar-refractivity contribution in [3.63, 3.8) is 0 Å². The van der Waals surface area contributed by atoms with E-state index in [1.807, 2.05) is 13.1 Å². The first-order valence-electron chi connectivity index (χ1n) is 2.51. The molecule has 0 radical (unpaired) electrons. The van der Waals surface area contributed by atoms with Crippen LogP contribution >= 0.6 is 0 Å². The minimum Gasteiger partial charge on any atom is -0.325 e. The molecule has 1 aromatic heterocycles. The fraction of sp³-hybridized carbons (Fsp3) is 0.400. The van der Waals surface area contributed by atoms with E-state index in [0.29, 0.717) is 6.54 Å². The Balaban J connectivity index is 0.000000640. The van der Waals surface area contributed by atoms with Crippen LogP contribution in [0.4, 0.5) is 0 Å². The number of hydrogen-bond donors (Lipinski definition) is 1. The maximum Gasteiger partial charge on any atom is 0.0516 e. The lowest BCUT2D eigenvalue weighted by Crippen LogP contribution is -2.03. The molecule has 1 heterocycles. The van der Waals surface area contributed by atoms with Crippen LogP contribution in [0, 0.1) is 0 Å². The quantitative estimate of drug-likeness (QED) is 0.562. The van der Waals surface area contributed by atoms with Crippen LogP contribution in [0.3, 0.4) is 0 Å². The van der Waals surface area contributed by atoms with Gasteiger partial charge in [0.25, 0.3) is 0 Å². The highest BCUT2D eigenvalue weighted by Crippen LogP contribution is 1.91. The SMILES string of the molecule is Cn1nccc1CN.[HH]. The van der Waals surface area contributed by atoms with Gasteiger partial charge >= 0.3 is 0 Å². The average molecular weight is 113 g/mol. The van der Waals surface area contributed by atoms with Gasteiger partial charge in [0.1, 0.15) is 0 Å². The van der Waals surface area contributed by atoms with Gasteiger partial charge in [0.2, 0.25) is 0 Å². The molecule has 0 unspecified atom stereocenters. The minimum absolute atomic E-state index is 0. The molecule has 0 atom stereocenters. The summed E-state index contributed by atoms with van der Waals surface area (Å²) >= 11 is 0. The highest BCUT2D eigenvalue weighted by Gasteiger charge is 1.90. The molecular formula is C5H11N3. The standard InChI is InChI=1S/C5H9N3.H2/c1-8-5(4-6)2-3-7-8;/h2-3H,4,6H2,1H3;1H. The van der Waals surface area contributed by atoms with E-state index >= 15 is 0 Å². The van der Waals surface area contributed by atoms with Crippen LogP contribution in [0.25, 0.3) is 0 Å². The zero-order valence-electron chi connectivity index (χ0n) is 4.83. The molecule has 0 bridgehead atoms. The van der Waals surface area contributed by atoms with E-state index in [2.05, 4.69) is 5.10 Å². The first-order chi connectivity index (χ1) is 3.84. The molecule has 0 amide bonds. The van der Waals surface area contributed by atoms with Crippen LogP contribution in [0.15, 0.2) is 12.3 Å². The third-order valence-corrected chi connectivity index (χ3v) is 1.13. The first-order valence-corrected chi connectivity index (χ1v) is 2.51. The van der Waals surface area contributed by atoms with E-state index < -0.39 is 0 Å². The molecule has 0 saturated carbocycles. The lowest BCUT2D eigenvalue weighted by atomic mass is 10.4. The van der Waals surface area contributed by atoms with Crippen molar-refractivity contribution in [2.75, 3.05) is 0 Å². The van der Waals surface area contributed by atoms with Crippen LogP contribution in [-0.4, -0.2) is 9.78 Å². The molecule has 0 aromatic carbocycles. The highest BCUT2D eigenvalue weighted by molar-refractivity contribution is 4.98. The molecule has 0 saturated heterocycles. The van der Waals surface area contributed by atoms with Crippen LogP contribution < -0.4 is 5.73 Å². The number of nitrogens with two attached hydrogens (primary N) is 1. The summed E-state index contributed by atoms with van der Waals surface area (Å²) in [6.45, 7) is 0.566. The molecule has 2 N–H and O–H groups in total. The van der Waals surface area contributed by atoms with Crippen LogP contribution in [0.1, 0.15) is 7.12 Å². The monoisotopic (exact) mass is 113 g/mol. The average Bonchev–Trinajstić information content (AvgIpc) is 2.14. The molecule has 8 heavy (non-hydrogen) atoms. The van der Waals surface area contributed by atoms with Crippen molar-refractivity contribution in [1.82, 2.24) is 9.78 Å². The number of aromatic nitrogens is 2. The van der Waals surface area contributed by atoms with Gasteiger partial charge in [0.15, 0.2) is 0 Å². The van der Waals surface area contributed by atoms with E-state index in [0.717, 1.165) is 5.69 Å². The second kappa shape index (κ2) is 1.96. The van der Waals surface area contributed by atoms with Crippen molar-refractivity contribution in [2.45, 2.75) is 6.54 Å². The lowest BCUT2D eigenvalue weighted by Gasteiger charge is -1.92. The molecule has 3 heteroatoms. The third kappa shape index (κ3) is 0.721. The number of hydrogen-bond acceptors (Lipinski definition) is 2. The summed E-state index contributed by atoms with van der Waals surface area (Å²) in [7, 11) is 1.88. The smallest absolute Gasteiger partial charge is 0.0516 e. The Morgan fingerprint density at radius 3 is 3.00 bits per heavy atom. The van der Waals surface area contributed by atoms with E-state index in [-0.39, 0.29) is 1.43 Å². The van der Waals surface area contributed by atoms with Gasteiger partial charge < -0.3 is 5.73 Å². The zero-order valence-corrected chi connectivity index (χ0v) is 4.83. The van der Waals surface area contributed by atoms with Crippen molar-refractivity contribution < 1.29 is 1.43 Å². The van der Waals surface area contributed by atoms with Gasteiger partial charge in [0, 0.05) is 21.2 Å². The third-order valence-electron chi connectivity index (χ3n) is 1.13. The summed E-state index contributed by atoms with van der Waals surface area (Å²) in [6.07, 6.45) is 1.74. The molecule has 0 aliphatic rings. The second-order valence-corrected chi connectivity index (χ2v) is 1.65. The van der Waals surface area contributed by atoms with Gasteiger partial charge in [-0.2, -0.15) is 5.10 Å². The summed E-state index contributed by atoms with van der Waals surface area (Å²) in [5.74, 6) is 0. The largest absolute Gasteiger partial charge is 0.325 e. The molecule has 46 valence electrons. The first kappa shape index (κ1) is 5.31. The predicted molar refractivity (Wildman–Crippen MR) is 33.2 cm³/mol. The molecule has 0 aliphatic carbocycles. The van der Waals surface area contributed by atoms with E-state index in [9.17, 15) is 0 Å². The Morgan fingerprint density at radius 1 is 2.00 bits per heavy atom. The fourth-order valence-corrected chi connectivity index (χ4v) is 0.602. The zero-order chi connectivity index (χ0) is 5.98. The van der Waals surface area contributed by atoms with Crippen LogP contribution in [-0.2, 0) is 13.6 Å². The summed E-state index contributed by atoms with van der Waals surface area (Å²) < 4.78 is 1.76. The van der Waals surface area contributed by atoms with Crippen molar-refractivity contribution in [3.8, 4) is 0 Å². The lowest BCUT2D eigenvalue weighted by molar-refractivity contribution is 0.712. The predicted octanol–water partition coefficient (Wildman–Crippen LogP) is 0.125. The molecule has 1 rings (SSSR count). The van der Waals surface area contributed by atoms with Gasteiger partial charge in [-0.1, -0.05) is 0 Å². The summed E-state index contributed by atoms with van der Waals surface area (Å²) in [5.41, 5.74) is 6.39. The van der Waals surface area contributed by atoms with Crippen LogP contribution in [0.2, 0.25) is 0 Å². The number of nitrogens with zero attached hydrogens (tertiary/aromatic N) is 2. The van der Waals surface area contributed by atoms with E-state index in [1.165, 1.54) is 0 Å². The molecular weight excluding hydrogens is 102 g/mol. The fourth-order valence-electron chi connectivity index (χ4n) is 0.602. The Kier molecular flexibility index (Phi) is 1.30. The Bertz CT molecular complexity index is 172. The normalized spacial score (nSPS) is 9.75. The number of aryl methyl sites for hydroxylation is 1. The Labute approximate surface area is 49.6 Å². The van der Waals surface area contributed by atoms with Crippen LogP contribution in [0.5, 0.6) is 0 Å². The highest BCUT2D eigenvalue weighted by atomic mass is 15.3. The number of rotatable bonds is 1. The van der Waals surface area contributed by atoms with Crippen molar-refractivity contribution >= 4 is 0 Å². The molecule has 0 spiro atoms. The molecule has 0 fully saturated rings. The maximum absolute atomic E-state index is 5.33. The van der Waals surface area contributed by atoms with Crippen molar-refractivity contribution in [2.24, 2.45) is 12.8 Å². The van der Waals surface area contributed by atoms with Crippen molar-refractivity contribution in [3.05, 3.63) is 18.0 Å². The Hall–Kier alpha value is -0.830. The van der Waals surface area contributed by atoms with E-state index in [1.54, 1.807) is 10.9 Å². The Morgan fingerprint density at radius 2 is 2.75 bits per heavy atom. The van der Waals surface area contributed by atoms with Gasteiger partial charge in [-0.05, 0) is 6.07 Å². The van der Waals surface area contributed by atoms with E-state index in [4.69, 9.17) is 5.73 Å². The molecule has 1 aromatic rings. The van der Waals surface area contributed by atoms with Gasteiger partial charge in [-0.25, -0.2) is 0 Å². The summed E-state index contributed by atoms with van der Waals surface area (Å²) in [6, 6.07) is 1.90.